The highest BCUT2D eigenvalue weighted by atomic mass is 16.5. The lowest BCUT2D eigenvalue weighted by Crippen LogP contribution is -2.43. The third kappa shape index (κ3) is 3.06. The summed E-state index contributed by atoms with van der Waals surface area (Å²) in [6, 6.07) is 15.6. The number of benzene rings is 2. The fraction of sp³-hybridized carbons (Fsp3) is 0.278. The van der Waals surface area contributed by atoms with Gasteiger partial charge in [0.25, 0.3) is 5.91 Å². The van der Waals surface area contributed by atoms with E-state index >= 15 is 0 Å². The Morgan fingerprint density at radius 1 is 1.23 bits per heavy atom. The SMILES string of the molecule is CCOc1ccccc1C(=O)NC1CNc2ccccc2C1. The van der Waals surface area contributed by atoms with E-state index in [9.17, 15) is 4.79 Å². The minimum atomic E-state index is -0.0877. The van der Waals surface area contributed by atoms with Crippen LogP contribution in [0.4, 0.5) is 5.69 Å². The van der Waals surface area contributed by atoms with Crippen molar-refractivity contribution in [2.45, 2.75) is 19.4 Å². The zero-order valence-electron chi connectivity index (χ0n) is 12.6. The average Bonchev–Trinajstić information content (AvgIpc) is 2.55. The smallest absolute Gasteiger partial charge is 0.255 e. The van der Waals surface area contributed by atoms with E-state index in [1.165, 1.54) is 5.56 Å². The maximum Gasteiger partial charge on any atom is 0.255 e. The van der Waals surface area contributed by atoms with Gasteiger partial charge in [0.1, 0.15) is 5.75 Å². The zero-order valence-corrected chi connectivity index (χ0v) is 12.6. The summed E-state index contributed by atoms with van der Waals surface area (Å²) in [6.45, 7) is 3.19. The predicted octanol–water partition coefficient (Wildman–Crippen LogP) is 2.85. The summed E-state index contributed by atoms with van der Waals surface area (Å²) in [7, 11) is 0. The second-order valence-electron chi connectivity index (χ2n) is 5.34. The highest BCUT2D eigenvalue weighted by Crippen LogP contribution is 2.22. The molecule has 0 aliphatic carbocycles. The molecule has 0 spiro atoms. The maximum atomic E-state index is 12.5. The quantitative estimate of drug-likeness (QED) is 0.912. The monoisotopic (exact) mass is 296 g/mol. The van der Waals surface area contributed by atoms with E-state index in [-0.39, 0.29) is 11.9 Å². The summed E-state index contributed by atoms with van der Waals surface area (Å²) in [4.78, 5) is 12.5. The fourth-order valence-electron chi connectivity index (χ4n) is 2.74. The molecule has 3 rings (SSSR count). The third-order valence-corrected chi connectivity index (χ3v) is 3.79. The molecule has 0 bridgehead atoms. The van der Waals surface area contributed by atoms with E-state index in [2.05, 4.69) is 22.8 Å². The number of para-hydroxylation sites is 2. The Kier molecular flexibility index (Phi) is 4.28. The van der Waals surface area contributed by atoms with Crippen LogP contribution in [0.15, 0.2) is 48.5 Å². The molecule has 0 aromatic heterocycles. The van der Waals surface area contributed by atoms with Gasteiger partial charge in [0, 0.05) is 12.2 Å². The first-order valence-corrected chi connectivity index (χ1v) is 7.62. The highest BCUT2D eigenvalue weighted by Gasteiger charge is 2.21. The van der Waals surface area contributed by atoms with Crippen molar-refractivity contribution in [2.75, 3.05) is 18.5 Å². The number of carbonyl (C=O) groups is 1. The van der Waals surface area contributed by atoms with E-state index < -0.39 is 0 Å². The van der Waals surface area contributed by atoms with Gasteiger partial charge in [-0.05, 0) is 37.1 Å². The molecule has 1 atom stereocenters. The molecule has 1 unspecified atom stereocenters. The normalized spacial score (nSPS) is 16.3. The van der Waals surface area contributed by atoms with Gasteiger partial charge in [-0.25, -0.2) is 0 Å². The van der Waals surface area contributed by atoms with Crippen molar-refractivity contribution in [3.8, 4) is 5.75 Å². The Labute approximate surface area is 130 Å². The van der Waals surface area contributed by atoms with Gasteiger partial charge in [-0.1, -0.05) is 30.3 Å². The summed E-state index contributed by atoms with van der Waals surface area (Å²) in [5.41, 5.74) is 2.98. The van der Waals surface area contributed by atoms with Crippen LogP contribution >= 0.6 is 0 Å². The molecule has 4 heteroatoms. The molecule has 0 fully saturated rings. The summed E-state index contributed by atoms with van der Waals surface area (Å²) >= 11 is 0. The summed E-state index contributed by atoms with van der Waals surface area (Å²) < 4.78 is 5.53. The number of anilines is 1. The molecule has 114 valence electrons. The van der Waals surface area contributed by atoms with Crippen molar-refractivity contribution in [2.24, 2.45) is 0 Å². The molecule has 1 aliphatic rings. The molecular weight excluding hydrogens is 276 g/mol. The molecular formula is C18H20N2O2. The Bertz CT molecular complexity index is 670. The number of rotatable bonds is 4. The lowest BCUT2D eigenvalue weighted by atomic mass is 9.99. The van der Waals surface area contributed by atoms with E-state index in [1.807, 2.05) is 37.3 Å². The number of carbonyl (C=O) groups excluding carboxylic acids is 1. The largest absolute Gasteiger partial charge is 0.493 e. The second kappa shape index (κ2) is 6.52. The first kappa shape index (κ1) is 14.4. The molecule has 0 radical (unpaired) electrons. The lowest BCUT2D eigenvalue weighted by molar-refractivity contribution is 0.0934. The van der Waals surface area contributed by atoms with Gasteiger partial charge in [0.05, 0.1) is 18.2 Å². The minimum Gasteiger partial charge on any atom is -0.493 e. The zero-order chi connectivity index (χ0) is 15.4. The van der Waals surface area contributed by atoms with Crippen molar-refractivity contribution < 1.29 is 9.53 Å². The van der Waals surface area contributed by atoms with Crippen LogP contribution in [0, 0.1) is 0 Å². The molecule has 1 aliphatic heterocycles. The van der Waals surface area contributed by atoms with Gasteiger partial charge >= 0.3 is 0 Å². The van der Waals surface area contributed by atoms with Gasteiger partial charge < -0.3 is 15.4 Å². The molecule has 1 amide bonds. The second-order valence-corrected chi connectivity index (χ2v) is 5.34. The van der Waals surface area contributed by atoms with Gasteiger partial charge in [0.15, 0.2) is 0 Å². The molecule has 0 saturated heterocycles. The first-order chi connectivity index (χ1) is 10.8. The summed E-state index contributed by atoms with van der Waals surface area (Å²) in [6.07, 6.45) is 0.839. The van der Waals surface area contributed by atoms with Gasteiger partial charge in [-0.3, -0.25) is 4.79 Å². The van der Waals surface area contributed by atoms with E-state index in [4.69, 9.17) is 4.74 Å². The van der Waals surface area contributed by atoms with Crippen LogP contribution in [0.1, 0.15) is 22.8 Å². The van der Waals surface area contributed by atoms with Crippen LogP contribution in [0.2, 0.25) is 0 Å². The van der Waals surface area contributed by atoms with Gasteiger partial charge in [-0.15, -0.1) is 0 Å². The van der Waals surface area contributed by atoms with Crippen molar-refractivity contribution in [1.29, 1.82) is 0 Å². The number of amides is 1. The van der Waals surface area contributed by atoms with Gasteiger partial charge in [0.2, 0.25) is 0 Å². The Morgan fingerprint density at radius 3 is 2.86 bits per heavy atom. The third-order valence-electron chi connectivity index (χ3n) is 3.79. The molecule has 1 heterocycles. The number of nitrogens with one attached hydrogen (secondary N) is 2. The topological polar surface area (TPSA) is 50.4 Å². The fourth-order valence-corrected chi connectivity index (χ4v) is 2.74. The summed E-state index contributed by atoms with van der Waals surface area (Å²) in [5.74, 6) is 0.543. The Hall–Kier alpha value is -2.49. The highest BCUT2D eigenvalue weighted by molar-refractivity contribution is 5.97. The van der Waals surface area contributed by atoms with Crippen LogP contribution in [-0.4, -0.2) is 25.1 Å². The molecule has 4 nitrogen and oxygen atoms in total. The number of ether oxygens (including phenoxy) is 1. The average molecular weight is 296 g/mol. The Balaban J connectivity index is 1.71. The number of hydrogen-bond donors (Lipinski definition) is 2. The standard InChI is InChI=1S/C18H20N2O2/c1-2-22-17-10-6-4-8-15(17)18(21)20-14-11-13-7-3-5-9-16(13)19-12-14/h3-10,14,19H,2,11-12H2,1H3,(H,20,21). The van der Waals surface area contributed by atoms with Crippen LogP contribution in [0.3, 0.4) is 0 Å². The van der Waals surface area contributed by atoms with Crippen LogP contribution < -0.4 is 15.4 Å². The van der Waals surface area contributed by atoms with E-state index in [0.29, 0.717) is 17.9 Å². The van der Waals surface area contributed by atoms with Crippen molar-refractivity contribution in [1.82, 2.24) is 5.32 Å². The number of fused-ring (bicyclic) bond motifs is 1. The molecule has 2 aromatic carbocycles. The first-order valence-electron chi connectivity index (χ1n) is 7.62. The summed E-state index contributed by atoms with van der Waals surface area (Å²) in [5, 5.41) is 6.46. The van der Waals surface area contributed by atoms with E-state index in [0.717, 1.165) is 18.7 Å². The number of hydrogen-bond acceptors (Lipinski definition) is 3. The predicted molar refractivity (Wildman–Crippen MR) is 87.5 cm³/mol. The van der Waals surface area contributed by atoms with Gasteiger partial charge in [-0.2, -0.15) is 0 Å². The minimum absolute atomic E-state index is 0.0806. The van der Waals surface area contributed by atoms with Crippen LogP contribution in [0.25, 0.3) is 0 Å². The molecule has 22 heavy (non-hydrogen) atoms. The Morgan fingerprint density at radius 2 is 2.00 bits per heavy atom. The van der Waals surface area contributed by atoms with E-state index in [1.54, 1.807) is 6.07 Å². The maximum absolute atomic E-state index is 12.5. The van der Waals surface area contributed by atoms with Crippen molar-refractivity contribution in [3.63, 3.8) is 0 Å². The van der Waals surface area contributed by atoms with Crippen molar-refractivity contribution >= 4 is 11.6 Å². The van der Waals surface area contributed by atoms with Crippen LogP contribution in [0.5, 0.6) is 5.75 Å². The molecule has 2 aromatic rings. The molecule has 2 N–H and O–H groups in total. The van der Waals surface area contributed by atoms with Crippen molar-refractivity contribution in [3.05, 3.63) is 59.7 Å². The van der Waals surface area contributed by atoms with Crippen LogP contribution in [-0.2, 0) is 6.42 Å². The lowest BCUT2D eigenvalue weighted by Gasteiger charge is -2.27. The molecule has 0 saturated carbocycles.